The molecule has 25 heavy (non-hydrogen) atoms. The van der Waals surface area contributed by atoms with Crippen LogP contribution in [0.5, 0.6) is 5.75 Å². The Bertz CT molecular complexity index is 922. The van der Waals surface area contributed by atoms with Gasteiger partial charge in [0.1, 0.15) is 5.75 Å². The molecule has 0 aliphatic carbocycles. The molecule has 0 atom stereocenters. The fourth-order valence-corrected chi connectivity index (χ4v) is 2.56. The van der Waals surface area contributed by atoms with Crippen molar-refractivity contribution < 1.29 is 9.53 Å². The van der Waals surface area contributed by atoms with Gasteiger partial charge in [0, 0.05) is 11.9 Å². The van der Waals surface area contributed by atoms with Crippen molar-refractivity contribution in [2.45, 2.75) is 13.3 Å². The fourth-order valence-electron chi connectivity index (χ4n) is 2.56. The number of H-pyrrole nitrogens is 1. The Morgan fingerprint density at radius 2 is 1.80 bits per heavy atom. The lowest BCUT2D eigenvalue weighted by Gasteiger charge is -2.09. The maximum atomic E-state index is 12.3. The van der Waals surface area contributed by atoms with Crippen molar-refractivity contribution in [1.29, 1.82) is 0 Å². The number of nitrogens with one attached hydrogen (secondary N) is 2. The molecule has 6 heteroatoms. The summed E-state index contributed by atoms with van der Waals surface area (Å²) < 4.78 is 6.61. The Hall–Kier alpha value is -3.28. The minimum atomic E-state index is -0.289. The summed E-state index contributed by atoms with van der Waals surface area (Å²) >= 11 is 0. The standard InChI is InChI=1S/C19H19N3O3/c1-13-3-5-14(6-4-13)21-18(23)11-16-12-20-19(24)22(16)15-7-9-17(25-2)10-8-15/h3-10,12H,11H2,1-2H3,(H,20,24)(H,21,23). The summed E-state index contributed by atoms with van der Waals surface area (Å²) in [5.74, 6) is 0.510. The van der Waals surface area contributed by atoms with Gasteiger partial charge < -0.3 is 15.0 Å². The Kier molecular flexibility index (Phi) is 4.70. The number of rotatable bonds is 5. The highest BCUT2D eigenvalue weighted by Gasteiger charge is 2.13. The van der Waals surface area contributed by atoms with Crippen LogP contribution in [0, 0.1) is 6.92 Å². The van der Waals surface area contributed by atoms with E-state index in [9.17, 15) is 9.59 Å². The van der Waals surface area contributed by atoms with Gasteiger partial charge in [-0.3, -0.25) is 9.36 Å². The van der Waals surface area contributed by atoms with Crippen LogP contribution in [0.2, 0.25) is 0 Å². The van der Waals surface area contributed by atoms with Crippen LogP contribution in [0.3, 0.4) is 0 Å². The molecule has 2 N–H and O–H groups in total. The van der Waals surface area contributed by atoms with E-state index in [1.807, 2.05) is 31.2 Å². The van der Waals surface area contributed by atoms with Gasteiger partial charge in [-0.2, -0.15) is 0 Å². The number of aromatic amines is 1. The fraction of sp³-hybridized carbons (Fsp3) is 0.158. The Labute approximate surface area is 145 Å². The average molecular weight is 337 g/mol. The van der Waals surface area contributed by atoms with Gasteiger partial charge in [0.05, 0.1) is 24.9 Å². The topological polar surface area (TPSA) is 76.1 Å². The summed E-state index contributed by atoms with van der Waals surface area (Å²) in [5.41, 5.74) is 2.81. The van der Waals surface area contributed by atoms with Crippen molar-refractivity contribution in [3.8, 4) is 11.4 Å². The highest BCUT2D eigenvalue weighted by Crippen LogP contribution is 2.16. The quantitative estimate of drug-likeness (QED) is 0.751. The monoisotopic (exact) mass is 337 g/mol. The molecule has 0 unspecified atom stereocenters. The molecular weight excluding hydrogens is 318 g/mol. The molecule has 0 bridgehead atoms. The van der Waals surface area contributed by atoms with Crippen LogP contribution in [0.4, 0.5) is 5.69 Å². The maximum Gasteiger partial charge on any atom is 0.330 e. The minimum Gasteiger partial charge on any atom is -0.497 e. The van der Waals surface area contributed by atoms with Crippen LogP contribution in [-0.4, -0.2) is 22.6 Å². The molecule has 0 saturated carbocycles. The van der Waals surface area contributed by atoms with E-state index < -0.39 is 0 Å². The average Bonchev–Trinajstić information content (AvgIpc) is 2.97. The normalized spacial score (nSPS) is 10.5. The number of aromatic nitrogens is 2. The van der Waals surface area contributed by atoms with E-state index in [2.05, 4.69) is 10.3 Å². The predicted molar refractivity (Wildman–Crippen MR) is 96.5 cm³/mol. The molecule has 0 aliphatic rings. The molecule has 1 aromatic heterocycles. The number of hydrogen-bond acceptors (Lipinski definition) is 3. The van der Waals surface area contributed by atoms with Crippen LogP contribution in [0.15, 0.2) is 59.5 Å². The predicted octanol–water partition coefficient (Wildman–Crippen LogP) is 2.66. The van der Waals surface area contributed by atoms with E-state index in [1.54, 1.807) is 37.6 Å². The molecule has 0 fully saturated rings. The van der Waals surface area contributed by atoms with E-state index in [1.165, 1.54) is 4.57 Å². The first-order valence-electron chi connectivity index (χ1n) is 7.87. The third-order valence-corrected chi connectivity index (χ3v) is 3.86. The SMILES string of the molecule is COc1ccc(-n2c(CC(=O)Nc3ccc(C)cc3)c[nH]c2=O)cc1. The number of carbonyl (C=O) groups is 1. The highest BCUT2D eigenvalue weighted by molar-refractivity contribution is 5.92. The molecule has 1 heterocycles. The van der Waals surface area contributed by atoms with Crippen molar-refractivity contribution in [2.24, 2.45) is 0 Å². The van der Waals surface area contributed by atoms with Crippen molar-refractivity contribution in [1.82, 2.24) is 9.55 Å². The molecule has 3 rings (SSSR count). The largest absolute Gasteiger partial charge is 0.497 e. The van der Waals surface area contributed by atoms with E-state index in [0.29, 0.717) is 17.1 Å². The molecule has 0 aliphatic heterocycles. The van der Waals surface area contributed by atoms with E-state index >= 15 is 0 Å². The number of hydrogen-bond donors (Lipinski definition) is 2. The van der Waals surface area contributed by atoms with Gasteiger partial charge >= 0.3 is 5.69 Å². The zero-order valence-electron chi connectivity index (χ0n) is 14.1. The Balaban J connectivity index is 1.80. The summed E-state index contributed by atoms with van der Waals surface area (Å²) in [6.07, 6.45) is 1.64. The lowest BCUT2D eigenvalue weighted by atomic mass is 10.2. The zero-order chi connectivity index (χ0) is 17.8. The number of amides is 1. The number of nitrogens with zero attached hydrogens (tertiary/aromatic N) is 1. The van der Waals surface area contributed by atoms with Gasteiger partial charge in [0.2, 0.25) is 5.91 Å². The van der Waals surface area contributed by atoms with Crippen LogP contribution < -0.4 is 15.7 Å². The zero-order valence-corrected chi connectivity index (χ0v) is 14.1. The number of carbonyl (C=O) groups excluding carboxylic acids is 1. The van der Waals surface area contributed by atoms with Gasteiger partial charge in [-0.25, -0.2) is 4.79 Å². The van der Waals surface area contributed by atoms with E-state index in [-0.39, 0.29) is 18.0 Å². The number of imidazole rings is 1. The molecule has 6 nitrogen and oxygen atoms in total. The molecule has 0 saturated heterocycles. The van der Waals surface area contributed by atoms with Crippen LogP contribution in [0.25, 0.3) is 5.69 Å². The first-order valence-corrected chi connectivity index (χ1v) is 7.87. The van der Waals surface area contributed by atoms with Gasteiger partial charge in [-0.15, -0.1) is 0 Å². The number of benzene rings is 2. The minimum absolute atomic E-state index is 0.0820. The van der Waals surface area contributed by atoms with Crippen molar-refractivity contribution in [3.05, 3.63) is 76.5 Å². The summed E-state index contributed by atoms with van der Waals surface area (Å²) in [7, 11) is 1.58. The van der Waals surface area contributed by atoms with Gasteiger partial charge in [0.15, 0.2) is 0 Å². The Morgan fingerprint density at radius 3 is 2.44 bits per heavy atom. The van der Waals surface area contributed by atoms with Crippen molar-refractivity contribution in [3.63, 3.8) is 0 Å². The van der Waals surface area contributed by atoms with Gasteiger partial charge in [-0.05, 0) is 43.3 Å². The molecule has 0 spiro atoms. The van der Waals surface area contributed by atoms with Gasteiger partial charge in [0.25, 0.3) is 0 Å². The molecular formula is C19H19N3O3. The number of ether oxygens (including phenoxy) is 1. The Morgan fingerprint density at radius 1 is 1.12 bits per heavy atom. The number of aryl methyl sites for hydroxylation is 1. The molecule has 1 amide bonds. The number of anilines is 1. The molecule has 128 valence electrons. The number of methoxy groups -OCH3 is 1. The third kappa shape index (κ3) is 3.80. The van der Waals surface area contributed by atoms with Crippen molar-refractivity contribution >= 4 is 11.6 Å². The van der Waals surface area contributed by atoms with Crippen molar-refractivity contribution in [2.75, 3.05) is 12.4 Å². The summed E-state index contributed by atoms with van der Waals surface area (Å²) in [6, 6.07) is 14.6. The first-order chi connectivity index (χ1) is 12.1. The molecule has 3 aromatic rings. The highest BCUT2D eigenvalue weighted by atomic mass is 16.5. The van der Waals surface area contributed by atoms with Crippen LogP contribution in [-0.2, 0) is 11.2 Å². The summed E-state index contributed by atoms with van der Waals surface area (Å²) in [6.45, 7) is 1.99. The summed E-state index contributed by atoms with van der Waals surface area (Å²) in [4.78, 5) is 27.1. The second kappa shape index (κ2) is 7.09. The van der Waals surface area contributed by atoms with Gasteiger partial charge in [-0.1, -0.05) is 17.7 Å². The maximum absolute atomic E-state index is 12.3. The van der Waals surface area contributed by atoms with Crippen LogP contribution >= 0.6 is 0 Å². The van der Waals surface area contributed by atoms with E-state index in [0.717, 1.165) is 11.3 Å². The van der Waals surface area contributed by atoms with E-state index in [4.69, 9.17) is 4.74 Å². The second-order valence-corrected chi connectivity index (χ2v) is 5.71. The third-order valence-electron chi connectivity index (χ3n) is 3.86. The first kappa shape index (κ1) is 16.6. The summed E-state index contributed by atoms with van der Waals surface area (Å²) in [5, 5.41) is 2.84. The van der Waals surface area contributed by atoms with Crippen LogP contribution in [0.1, 0.15) is 11.3 Å². The lowest BCUT2D eigenvalue weighted by Crippen LogP contribution is -2.21. The second-order valence-electron chi connectivity index (χ2n) is 5.71. The lowest BCUT2D eigenvalue weighted by molar-refractivity contribution is -0.115. The molecule has 0 radical (unpaired) electrons. The molecule has 2 aromatic carbocycles. The smallest absolute Gasteiger partial charge is 0.330 e.